The number of ether oxygens (including phenoxy) is 2. The second-order valence-corrected chi connectivity index (χ2v) is 24.1. The quantitative estimate of drug-likeness (QED) is 0.0934. The third kappa shape index (κ3) is 9.20. The molecule has 2 saturated heterocycles. The highest BCUT2D eigenvalue weighted by molar-refractivity contribution is 7.91. The molecule has 2 aromatic carbocycles. The summed E-state index contributed by atoms with van der Waals surface area (Å²) in [4.78, 5) is 18.1. The molecular weight excluding hydrogens is 1050 g/mol. The van der Waals surface area contributed by atoms with Gasteiger partial charge in [-0.2, -0.15) is 10.2 Å². The summed E-state index contributed by atoms with van der Waals surface area (Å²) < 4.78 is 133. The topological polar surface area (TPSA) is 184 Å². The van der Waals surface area contributed by atoms with Crippen LogP contribution in [0.2, 0.25) is 0 Å². The number of halogens is 4. The van der Waals surface area contributed by atoms with Crippen LogP contribution in [-0.2, 0) is 43.2 Å². The fourth-order valence-electron chi connectivity index (χ4n) is 11.7. The molecule has 78 heavy (non-hydrogen) atoms. The van der Waals surface area contributed by atoms with E-state index in [0.717, 1.165) is 58.3 Å². The number of sulfone groups is 2. The Kier molecular flexibility index (Phi) is 13.8. The Bertz CT molecular complexity index is 3910. The summed E-state index contributed by atoms with van der Waals surface area (Å²) in [5, 5.41) is 8.83. The van der Waals surface area contributed by atoms with Crippen LogP contribution < -0.4 is 0 Å². The van der Waals surface area contributed by atoms with E-state index in [-0.39, 0.29) is 54.8 Å². The first kappa shape index (κ1) is 52.6. The second kappa shape index (κ2) is 20.4. The van der Waals surface area contributed by atoms with Gasteiger partial charge < -0.3 is 18.6 Å². The van der Waals surface area contributed by atoms with Crippen molar-refractivity contribution in [3.63, 3.8) is 0 Å². The van der Waals surface area contributed by atoms with Gasteiger partial charge in [0.2, 0.25) is 0 Å². The van der Waals surface area contributed by atoms with Gasteiger partial charge in [0.15, 0.2) is 19.7 Å². The van der Waals surface area contributed by atoms with Gasteiger partial charge in [0.25, 0.3) is 0 Å². The van der Waals surface area contributed by atoms with Gasteiger partial charge >= 0.3 is 0 Å². The molecule has 2 aliphatic heterocycles. The van der Waals surface area contributed by atoms with E-state index in [4.69, 9.17) is 9.47 Å². The van der Waals surface area contributed by atoms with Gasteiger partial charge in [-0.05, 0) is 123 Å². The summed E-state index contributed by atoms with van der Waals surface area (Å²) in [5.74, 6) is -2.56. The van der Waals surface area contributed by atoms with E-state index in [9.17, 15) is 16.8 Å². The van der Waals surface area contributed by atoms with E-state index in [1.807, 2.05) is 40.1 Å². The Hall–Kier alpha value is -7.40. The Morgan fingerprint density at radius 3 is 1.26 bits per heavy atom. The van der Waals surface area contributed by atoms with Crippen molar-refractivity contribution in [3.05, 3.63) is 144 Å². The van der Waals surface area contributed by atoms with Crippen LogP contribution in [0.15, 0.2) is 108 Å². The maximum absolute atomic E-state index is 15.6. The number of nitrogens with zero attached hydrogens (tertiary/aromatic N) is 10. The molecule has 0 N–H and O–H groups in total. The van der Waals surface area contributed by atoms with Crippen LogP contribution in [0.4, 0.5) is 17.6 Å². The van der Waals surface area contributed by atoms with Crippen LogP contribution >= 0.6 is 0 Å². The van der Waals surface area contributed by atoms with Crippen LogP contribution in [0, 0.1) is 49.0 Å². The van der Waals surface area contributed by atoms with E-state index >= 15 is 17.6 Å². The number of hydrogen-bond acceptors (Lipinski definition) is 12. The highest BCUT2D eigenvalue weighted by Crippen LogP contribution is 2.46. The molecule has 0 bridgehead atoms. The fraction of sp³-hybridized carbons (Fsp3) is 0.321. The summed E-state index contributed by atoms with van der Waals surface area (Å²) in [5.41, 5.74) is 7.10. The lowest BCUT2D eigenvalue weighted by atomic mass is 9.88. The zero-order valence-electron chi connectivity index (χ0n) is 43.5. The number of pyridine rings is 4. The molecule has 0 aliphatic carbocycles. The molecule has 12 rings (SSSR count). The third-order valence-electron chi connectivity index (χ3n) is 15.1. The van der Waals surface area contributed by atoms with Crippen molar-refractivity contribution >= 4 is 63.5 Å². The van der Waals surface area contributed by atoms with Gasteiger partial charge in [-0.25, -0.2) is 34.4 Å². The van der Waals surface area contributed by atoms with Gasteiger partial charge in [0.1, 0.15) is 23.3 Å². The zero-order chi connectivity index (χ0) is 54.9. The number of benzene rings is 2. The molecule has 2 aliphatic rings. The van der Waals surface area contributed by atoms with Crippen molar-refractivity contribution in [2.45, 2.75) is 61.4 Å². The van der Waals surface area contributed by atoms with E-state index in [2.05, 4.69) is 30.1 Å². The molecule has 2 unspecified atom stereocenters. The van der Waals surface area contributed by atoms with Crippen LogP contribution in [0.1, 0.15) is 60.3 Å². The van der Waals surface area contributed by atoms with E-state index in [1.165, 1.54) is 48.8 Å². The molecule has 8 aromatic heterocycles. The molecule has 2 atom stereocenters. The van der Waals surface area contributed by atoms with E-state index in [0.29, 0.717) is 74.2 Å². The largest absolute Gasteiger partial charge is 0.381 e. The molecule has 10 heterocycles. The average Bonchev–Trinajstić information content (AvgIpc) is 4.35. The average molecular weight is 1100 g/mol. The van der Waals surface area contributed by atoms with Gasteiger partial charge in [-0.15, -0.1) is 0 Å². The first-order valence-corrected chi connectivity index (χ1v) is 29.1. The molecule has 404 valence electrons. The summed E-state index contributed by atoms with van der Waals surface area (Å²) in [6.07, 6.45) is 14.3. The maximum Gasteiger partial charge on any atom is 0.177 e. The number of rotatable bonds is 10. The molecule has 2 fully saturated rings. The first-order valence-electron chi connectivity index (χ1n) is 25.3. The molecule has 0 spiro atoms. The highest BCUT2D eigenvalue weighted by Gasteiger charge is 2.37. The minimum absolute atomic E-state index is 0.0523. The third-order valence-corrected chi connectivity index (χ3v) is 17.4. The van der Waals surface area contributed by atoms with Gasteiger partial charge in [-0.1, -0.05) is 0 Å². The van der Waals surface area contributed by atoms with Crippen molar-refractivity contribution in [2.24, 2.45) is 25.9 Å². The van der Waals surface area contributed by atoms with Crippen molar-refractivity contribution in [1.82, 2.24) is 48.6 Å². The maximum atomic E-state index is 15.6. The van der Waals surface area contributed by atoms with Crippen molar-refractivity contribution < 1.29 is 43.9 Å². The van der Waals surface area contributed by atoms with Crippen LogP contribution in [0.25, 0.3) is 66.4 Å². The molecule has 0 saturated carbocycles. The van der Waals surface area contributed by atoms with E-state index in [1.54, 1.807) is 43.3 Å². The Morgan fingerprint density at radius 2 is 0.923 bits per heavy atom. The first-order chi connectivity index (χ1) is 37.3. The Morgan fingerprint density at radius 1 is 0.538 bits per heavy atom. The van der Waals surface area contributed by atoms with Crippen LogP contribution in [0.5, 0.6) is 0 Å². The van der Waals surface area contributed by atoms with Crippen molar-refractivity contribution in [3.8, 4) is 22.5 Å². The number of hydrogen-bond donors (Lipinski definition) is 0. The molecule has 0 amide bonds. The molecule has 16 nitrogen and oxygen atoms in total. The summed E-state index contributed by atoms with van der Waals surface area (Å²) in [6, 6.07) is 12.8. The highest BCUT2D eigenvalue weighted by atomic mass is 32.2. The normalized spacial score (nSPS) is 15.8. The zero-order valence-corrected chi connectivity index (χ0v) is 45.1. The molecule has 22 heteroatoms. The SMILES string of the molecule is Cc1cnn(C)c1-c1cnc2c3c(F)ccc(S(C)(=O)=O)c3n(C(c3ncccc3F)C3CCOCC3)c2c1.Cc1cnn(C)c1-c1cnc2c3c(F)ccc(S(C)(=O)=O)c3n(C(c3ncccc3F)C3CCOCC3)c2c1. The fourth-order valence-corrected chi connectivity index (χ4v) is 13.4. The predicted octanol–water partition coefficient (Wildman–Crippen LogP) is 9.98. The van der Waals surface area contributed by atoms with Gasteiger partial charge in [0.05, 0.1) is 101 Å². The lowest BCUT2D eigenvalue weighted by Gasteiger charge is -2.32. The number of fused-ring (bicyclic) bond motifs is 6. The van der Waals surface area contributed by atoms with E-state index < -0.39 is 55.0 Å². The lowest BCUT2D eigenvalue weighted by molar-refractivity contribution is 0.0541. The lowest BCUT2D eigenvalue weighted by Crippen LogP contribution is -2.28. The van der Waals surface area contributed by atoms with Gasteiger partial charge in [-0.3, -0.25) is 29.3 Å². The van der Waals surface area contributed by atoms with Crippen LogP contribution in [-0.4, -0.2) is 104 Å². The van der Waals surface area contributed by atoms with Crippen molar-refractivity contribution in [2.75, 3.05) is 38.9 Å². The molecule has 10 aromatic rings. The molecule has 0 radical (unpaired) electrons. The summed E-state index contributed by atoms with van der Waals surface area (Å²) >= 11 is 0. The van der Waals surface area contributed by atoms with Crippen LogP contribution in [0.3, 0.4) is 0 Å². The number of aromatic nitrogens is 10. The standard InChI is InChI=1S/2C28H27F2N5O3S/c2*1-16-14-33-34(2)26(16)18-13-21-25(32-15-18)23-19(29)6-7-22(39(3,36)37)28(23)35(21)27(17-8-11-38-12-9-17)24-20(30)5-4-10-31-24/h2*4-7,10,13-15,17,27H,8-9,11-12H2,1-3H3. The molecular formula is C56H54F4N10O6S2. The summed E-state index contributed by atoms with van der Waals surface area (Å²) in [7, 11) is -3.98. The van der Waals surface area contributed by atoms with Gasteiger partial charge in [0, 0.05) is 88.9 Å². The summed E-state index contributed by atoms with van der Waals surface area (Å²) in [6.45, 7) is 5.74. The minimum Gasteiger partial charge on any atom is -0.381 e. The predicted molar refractivity (Wildman–Crippen MR) is 286 cm³/mol. The minimum atomic E-state index is -3.81. The number of aryl methyl sites for hydroxylation is 4. The second-order valence-electron chi connectivity index (χ2n) is 20.1. The Balaban J connectivity index is 0.000000165. The van der Waals surface area contributed by atoms with Crippen molar-refractivity contribution in [1.29, 1.82) is 0 Å². The monoisotopic (exact) mass is 1100 g/mol. The smallest absolute Gasteiger partial charge is 0.177 e. The Labute approximate surface area is 446 Å².